The van der Waals surface area contributed by atoms with Crippen LogP contribution in [-0.4, -0.2) is 42.9 Å². The number of nitrogens with two attached hydrogens (primary N) is 1. The number of hydrogen-bond acceptors (Lipinski definition) is 4. The maximum absolute atomic E-state index is 13.1. The van der Waals surface area contributed by atoms with Crippen LogP contribution in [0.5, 0.6) is 0 Å². The second-order valence-corrected chi connectivity index (χ2v) is 8.41. The Balaban J connectivity index is 1.71. The summed E-state index contributed by atoms with van der Waals surface area (Å²) in [5.74, 6) is -0.0225. The average Bonchev–Trinajstić information content (AvgIpc) is 2.99. The van der Waals surface area contributed by atoms with Crippen molar-refractivity contribution < 1.29 is 14.0 Å². The highest BCUT2D eigenvalue weighted by Gasteiger charge is 2.23. The van der Waals surface area contributed by atoms with Gasteiger partial charge >= 0.3 is 0 Å². The van der Waals surface area contributed by atoms with Gasteiger partial charge in [0.05, 0.1) is 5.56 Å². The van der Waals surface area contributed by atoms with Crippen LogP contribution in [0.3, 0.4) is 0 Å². The van der Waals surface area contributed by atoms with Crippen LogP contribution in [0.4, 0.5) is 15.8 Å². The number of amides is 2. The molecule has 0 bridgehead atoms. The number of hydrogen-bond donors (Lipinski definition) is 2. The van der Waals surface area contributed by atoms with Gasteiger partial charge in [-0.1, -0.05) is 26.0 Å². The molecule has 1 saturated heterocycles. The van der Waals surface area contributed by atoms with E-state index in [1.54, 1.807) is 24.3 Å². The fourth-order valence-electron chi connectivity index (χ4n) is 3.78. The Kier molecular flexibility index (Phi) is 7.50. The van der Waals surface area contributed by atoms with E-state index in [0.717, 1.165) is 30.8 Å². The lowest BCUT2D eigenvalue weighted by Gasteiger charge is -2.26. The average molecular weight is 427 g/mol. The van der Waals surface area contributed by atoms with Gasteiger partial charge in [0.15, 0.2) is 0 Å². The standard InChI is InChI=1S/C24H31FN4O2/c1-17(2)14-23(30)29-11-3-10-28(12-13-29)22-9-8-20(26)15-21(22)24(31)27-16-18-4-6-19(25)7-5-18/h4-9,15,17H,3,10-14,16,26H2,1-2H3,(H,27,31). The van der Waals surface area contributed by atoms with Crippen molar-refractivity contribution >= 4 is 23.2 Å². The molecule has 2 aromatic rings. The van der Waals surface area contributed by atoms with Gasteiger partial charge in [-0.2, -0.15) is 0 Å². The highest BCUT2D eigenvalue weighted by atomic mass is 19.1. The van der Waals surface area contributed by atoms with E-state index in [9.17, 15) is 14.0 Å². The first kappa shape index (κ1) is 22.6. The van der Waals surface area contributed by atoms with Crippen LogP contribution < -0.4 is 16.0 Å². The van der Waals surface area contributed by atoms with Crippen LogP contribution in [-0.2, 0) is 11.3 Å². The first-order valence-corrected chi connectivity index (χ1v) is 10.8. The summed E-state index contributed by atoms with van der Waals surface area (Å²) in [6, 6.07) is 11.4. The predicted octanol–water partition coefficient (Wildman–Crippen LogP) is 3.42. The first-order chi connectivity index (χ1) is 14.8. The molecular formula is C24H31FN4O2. The van der Waals surface area contributed by atoms with Crippen molar-refractivity contribution in [3.05, 3.63) is 59.4 Å². The minimum Gasteiger partial charge on any atom is -0.399 e. The molecule has 0 aliphatic carbocycles. The SMILES string of the molecule is CC(C)CC(=O)N1CCCN(c2ccc(N)cc2C(=O)NCc2ccc(F)cc2)CC1. The Morgan fingerprint density at radius 1 is 1.06 bits per heavy atom. The normalized spacial score (nSPS) is 14.5. The van der Waals surface area contributed by atoms with Crippen molar-refractivity contribution in [1.82, 2.24) is 10.2 Å². The van der Waals surface area contributed by atoms with Crippen LogP contribution >= 0.6 is 0 Å². The van der Waals surface area contributed by atoms with Gasteiger partial charge in [0.25, 0.3) is 5.91 Å². The van der Waals surface area contributed by atoms with Crippen molar-refractivity contribution in [3.8, 4) is 0 Å². The number of halogens is 1. The molecular weight excluding hydrogens is 395 g/mol. The summed E-state index contributed by atoms with van der Waals surface area (Å²) in [6.07, 6.45) is 1.39. The third kappa shape index (κ3) is 6.20. The van der Waals surface area contributed by atoms with Gasteiger partial charge in [0.2, 0.25) is 5.91 Å². The Bertz CT molecular complexity index is 914. The Labute approximate surface area is 183 Å². The number of nitrogens with one attached hydrogen (secondary N) is 1. The number of benzene rings is 2. The van der Waals surface area contributed by atoms with Crippen LogP contribution in [0.15, 0.2) is 42.5 Å². The van der Waals surface area contributed by atoms with Crippen LogP contribution in [0, 0.1) is 11.7 Å². The van der Waals surface area contributed by atoms with E-state index in [4.69, 9.17) is 5.73 Å². The van der Waals surface area contributed by atoms with Gasteiger partial charge in [0.1, 0.15) is 5.82 Å². The quantitative estimate of drug-likeness (QED) is 0.694. The minimum absolute atomic E-state index is 0.187. The molecule has 1 aliphatic heterocycles. The summed E-state index contributed by atoms with van der Waals surface area (Å²) in [7, 11) is 0. The summed E-state index contributed by atoms with van der Waals surface area (Å²) >= 11 is 0. The molecule has 3 rings (SSSR count). The molecule has 7 heteroatoms. The van der Waals surface area contributed by atoms with E-state index in [1.165, 1.54) is 12.1 Å². The summed E-state index contributed by atoms with van der Waals surface area (Å²) in [4.78, 5) is 29.5. The Morgan fingerprint density at radius 2 is 1.81 bits per heavy atom. The van der Waals surface area contributed by atoms with Crippen LogP contribution in [0.25, 0.3) is 0 Å². The minimum atomic E-state index is -0.310. The Morgan fingerprint density at radius 3 is 2.52 bits per heavy atom. The maximum atomic E-state index is 13.1. The van der Waals surface area contributed by atoms with Crippen LogP contribution in [0.1, 0.15) is 42.6 Å². The fraction of sp³-hybridized carbons (Fsp3) is 0.417. The van der Waals surface area contributed by atoms with Crippen molar-refractivity contribution in [3.63, 3.8) is 0 Å². The molecule has 2 amide bonds. The Hall–Kier alpha value is -3.09. The van der Waals surface area contributed by atoms with E-state index in [-0.39, 0.29) is 17.6 Å². The summed E-state index contributed by atoms with van der Waals surface area (Å²) in [6.45, 7) is 7.17. The third-order valence-electron chi connectivity index (χ3n) is 5.40. The number of rotatable bonds is 6. The molecule has 0 atom stereocenters. The van der Waals surface area contributed by atoms with E-state index >= 15 is 0 Å². The topological polar surface area (TPSA) is 78.7 Å². The second-order valence-electron chi connectivity index (χ2n) is 8.41. The molecule has 0 aromatic heterocycles. The molecule has 1 aliphatic rings. The molecule has 0 saturated carbocycles. The molecule has 166 valence electrons. The number of carbonyl (C=O) groups excluding carboxylic acids is 2. The van der Waals surface area contributed by atoms with Crippen molar-refractivity contribution in [2.75, 3.05) is 36.8 Å². The van der Waals surface area contributed by atoms with Crippen molar-refractivity contribution in [2.24, 2.45) is 5.92 Å². The molecule has 0 spiro atoms. The van der Waals surface area contributed by atoms with E-state index < -0.39 is 0 Å². The molecule has 2 aromatic carbocycles. The zero-order chi connectivity index (χ0) is 22.4. The van der Waals surface area contributed by atoms with E-state index in [1.807, 2.05) is 24.8 Å². The lowest BCUT2D eigenvalue weighted by atomic mass is 10.1. The number of anilines is 2. The third-order valence-corrected chi connectivity index (χ3v) is 5.40. The summed E-state index contributed by atoms with van der Waals surface area (Å²) in [5.41, 5.74) is 8.60. The van der Waals surface area contributed by atoms with Gasteiger partial charge in [-0.3, -0.25) is 9.59 Å². The number of carbonyl (C=O) groups is 2. The number of nitrogen functional groups attached to an aromatic ring is 1. The molecule has 6 nitrogen and oxygen atoms in total. The monoisotopic (exact) mass is 426 g/mol. The number of nitrogens with zero attached hydrogens (tertiary/aromatic N) is 2. The highest BCUT2D eigenvalue weighted by molar-refractivity contribution is 6.00. The van der Waals surface area contributed by atoms with Gasteiger partial charge in [-0.05, 0) is 48.2 Å². The molecule has 0 unspecified atom stereocenters. The van der Waals surface area contributed by atoms with Gasteiger partial charge in [0, 0.05) is 50.5 Å². The zero-order valence-electron chi connectivity index (χ0n) is 18.2. The van der Waals surface area contributed by atoms with Gasteiger partial charge < -0.3 is 20.9 Å². The smallest absolute Gasteiger partial charge is 0.253 e. The second kappa shape index (κ2) is 10.3. The predicted molar refractivity (Wildman–Crippen MR) is 121 cm³/mol. The van der Waals surface area contributed by atoms with Gasteiger partial charge in [-0.25, -0.2) is 4.39 Å². The largest absolute Gasteiger partial charge is 0.399 e. The van der Waals surface area contributed by atoms with E-state index in [0.29, 0.717) is 43.2 Å². The molecule has 3 N–H and O–H groups in total. The molecule has 31 heavy (non-hydrogen) atoms. The first-order valence-electron chi connectivity index (χ1n) is 10.8. The lowest BCUT2D eigenvalue weighted by molar-refractivity contribution is -0.131. The van der Waals surface area contributed by atoms with Gasteiger partial charge in [-0.15, -0.1) is 0 Å². The van der Waals surface area contributed by atoms with Crippen LogP contribution in [0.2, 0.25) is 0 Å². The fourth-order valence-corrected chi connectivity index (χ4v) is 3.78. The maximum Gasteiger partial charge on any atom is 0.253 e. The summed E-state index contributed by atoms with van der Waals surface area (Å²) in [5, 5.41) is 2.90. The van der Waals surface area contributed by atoms with Crippen molar-refractivity contribution in [2.45, 2.75) is 33.2 Å². The highest BCUT2D eigenvalue weighted by Crippen LogP contribution is 2.25. The molecule has 0 radical (unpaired) electrons. The lowest BCUT2D eigenvalue weighted by Crippen LogP contribution is -2.36. The zero-order valence-corrected chi connectivity index (χ0v) is 18.2. The van der Waals surface area contributed by atoms with Crippen molar-refractivity contribution in [1.29, 1.82) is 0 Å². The molecule has 1 fully saturated rings. The van der Waals surface area contributed by atoms with E-state index in [2.05, 4.69) is 10.2 Å². The molecule has 1 heterocycles. The summed E-state index contributed by atoms with van der Waals surface area (Å²) < 4.78 is 13.1.